The summed E-state index contributed by atoms with van der Waals surface area (Å²) >= 11 is 0. The van der Waals surface area contributed by atoms with Crippen LogP contribution in [0.3, 0.4) is 0 Å². The Kier molecular flexibility index (Phi) is 3.69. The first-order valence-corrected chi connectivity index (χ1v) is 6.83. The highest BCUT2D eigenvalue weighted by atomic mass is 16.1. The molecule has 1 aliphatic rings. The van der Waals surface area contributed by atoms with Crippen LogP contribution in [0.15, 0.2) is 18.2 Å². The Labute approximate surface area is 114 Å². The lowest BCUT2D eigenvalue weighted by Crippen LogP contribution is -2.25. The average molecular weight is 261 g/mol. The zero-order valence-electron chi connectivity index (χ0n) is 11.8. The van der Waals surface area contributed by atoms with Crippen LogP contribution in [-0.2, 0) is 0 Å². The minimum atomic E-state index is -0.463. The first-order chi connectivity index (χ1) is 8.89. The first kappa shape index (κ1) is 13.7. The van der Waals surface area contributed by atoms with Gasteiger partial charge in [0.2, 0.25) is 0 Å². The molecular formula is C15H23N3O. The molecule has 1 aliphatic heterocycles. The van der Waals surface area contributed by atoms with Gasteiger partial charge in [0, 0.05) is 24.5 Å². The molecule has 0 aliphatic carbocycles. The third-order valence-corrected chi connectivity index (χ3v) is 4.01. The molecule has 1 saturated heterocycles. The van der Waals surface area contributed by atoms with E-state index < -0.39 is 5.91 Å². The summed E-state index contributed by atoms with van der Waals surface area (Å²) in [6.45, 7) is 6.66. The fourth-order valence-electron chi connectivity index (χ4n) is 2.64. The van der Waals surface area contributed by atoms with E-state index in [0.29, 0.717) is 16.7 Å². The van der Waals surface area contributed by atoms with E-state index in [1.165, 1.54) is 12.8 Å². The molecule has 19 heavy (non-hydrogen) atoms. The van der Waals surface area contributed by atoms with Crippen molar-refractivity contribution < 1.29 is 4.79 Å². The van der Waals surface area contributed by atoms with Crippen LogP contribution in [0.25, 0.3) is 0 Å². The van der Waals surface area contributed by atoms with Crippen molar-refractivity contribution in [3.8, 4) is 0 Å². The van der Waals surface area contributed by atoms with E-state index in [4.69, 9.17) is 11.5 Å². The minimum absolute atomic E-state index is 0.398. The van der Waals surface area contributed by atoms with Gasteiger partial charge >= 0.3 is 0 Å². The minimum Gasteiger partial charge on any atom is -0.398 e. The van der Waals surface area contributed by atoms with Gasteiger partial charge in [-0.2, -0.15) is 0 Å². The Bertz CT molecular complexity index is 482. The zero-order chi connectivity index (χ0) is 14.0. The topological polar surface area (TPSA) is 72.3 Å². The maximum Gasteiger partial charge on any atom is 0.250 e. The van der Waals surface area contributed by atoms with Crippen LogP contribution in [0.4, 0.5) is 11.4 Å². The normalized spacial score (nSPS) is 18.9. The fraction of sp³-hybridized carbons (Fsp3) is 0.533. The number of benzene rings is 1. The number of rotatable bonds is 2. The van der Waals surface area contributed by atoms with E-state index in [9.17, 15) is 4.79 Å². The second kappa shape index (κ2) is 5.11. The van der Waals surface area contributed by atoms with Crippen molar-refractivity contribution in [2.24, 2.45) is 11.1 Å². The Balaban J connectivity index is 2.22. The Morgan fingerprint density at radius 2 is 2.00 bits per heavy atom. The van der Waals surface area contributed by atoms with Gasteiger partial charge in [-0.15, -0.1) is 0 Å². The van der Waals surface area contributed by atoms with Gasteiger partial charge in [0.1, 0.15) is 0 Å². The van der Waals surface area contributed by atoms with E-state index in [0.717, 1.165) is 25.2 Å². The third kappa shape index (κ3) is 3.19. The van der Waals surface area contributed by atoms with Gasteiger partial charge in [0.15, 0.2) is 0 Å². The van der Waals surface area contributed by atoms with Crippen molar-refractivity contribution >= 4 is 17.3 Å². The predicted octanol–water partition coefficient (Wildman–Crippen LogP) is 2.38. The monoisotopic (exact) mass is 261 g/mol. The van der Waals surface area contributed by atoms with Crippen LogP contribution >= 0.6 is 0 Å². The lowest BCUT2D eigenvalue weighted by molar-refractivity contribution is 0.100. The second-order valence-corrected chi connectivity index (χ2v) is 6.14. The predicted molar refractivity (Wildman–Crippen MR) is 79.2 cm³/mol. The molecule has 1 aromatic rings. The summed E-state index contributed by atoms with van der Waals surface area (Å²) in [5, 5.41) is 0. The van der Waals surface area contributed by atoms with Crippen LogP contribution < -0.4 is 16.4 Å². The highest BCUT2D eigenvalue weighted by Crippen LogP contribution is 2.32. The molecule has 1 heterocycles. The summed E-state index contributed by atoms with van der Waals surface area (Å²) in [7, 11) is 0. The molecule has 4 nitrogen and oxygen atoms in total. The average Bonchev–Trinajstić information content (AvgIpc) is 2.51. The molecule has 0 bridgehead atoms. The number of hydrogen-bond acceptors (Lipinski definition) is 3. The standard InChI is InChI=1S/C15H23N3O/c1-15(2)6-3-8-18(9-7-15)11-4-5-13(16)12(10-11)14(17)19/h4-5,10H,3,6-9,16H2,1-2H3,(H2,17,19). The van der Waals surface area contributed by atoms with Crippen LogP contribution in [0.1, 0.15) is 43.5 Å². The summed E-state index contributed by atoms with van der Waals surface area (Å²) in [4.78, 5) is 13.7. The van der Waals surface area contributed by atoms with E-state index in [1.807, 2.05) is 12.1 Å². The van der Waals surface area contributed by atoms with Crippen molar-refractivity contribution in [2.75, 3.05) is 23.7 Å². The molecule has 1 amide bonds. The molecule has 0 unspecified atom stereocenters. The summed E-state index contributed by atoms with van der Waals surface area (Å²) in [5.41, 5.74) is 13.4. The van der Waals surface area contributed by atoms with Crippen molar-refractivity contribution in [1.29, 1.82) is 0 Å². The van der Waals surface area contributed by atoms with Crippen molar-refractivity contribution in [3.05, 3.63) is 23.8 Å². The van der Waals surface area contributed by atoms with E-state index in [-0.39, 0.29) is 0 Å². The van der Waals surface area contributed by atoms with Crippen LogP contribution in [0.2, 0.25) is 0 Å². The molecule has 0 saturated carbocycles. The lowest BCUT2D eigenvalue weighted by Gasteiger charge is -2.25. The number of anilines is 2. The molecule has 2 rings (SSSR count). The molecule has 0 aromatic heterocycles. The van der Waals surface area contributed by atoms with Gasteiger partial charge in [-0.05, 0) is 42.9 Å². The van der Waals surface area contributed by atoms with Gasteiger partial charge in [-0.25, -0.2) is 0 Å². The number of hydrogen-bond donors (Lipinski definition) is 2. The third-order valence-electron chi connectivity index (χ3n) is 4.01. The molecule has 104 valence electrons. The molecule has 0 radical (unpaired) electrons. The molecule has 4 N–H and O–H groups in total. The number of primary amides is 1. The highest BCUT2D eigenvalue weighted by Gasteiger charge is 2.23. The second-order valence-electron chi connectivity index (χ2n) is 6.14. The molecule has 1 fully saturated rings. The van der Waals surface area contributed by atoms with Crippen molar-refractivity contribution in [3.63, 3.8) is 0 Å². The molecule has 1 aromatic carbocycles. The SMILES string of the molecule is CC1(C)CCCN(c2ccc(N)c(C(N)=O)c2)CC1. The summed E-state index contributed by atoms with van der Waals surface area (Å²) in [6, 6.07) is 5.56. The van der Waals surface area contributed by atoms with Crippen LogP contribution in [-0.4, -0.2) is 19.0 Å². The van der Waals surface area contributed by atoms with Crippen LogP contribution in [0.5, 0.6) is 0 Å². The van der Waals surface area contributed by atoms with Gasteiger partial charge in [0.05, 0.1) is 5.56 Å². The summed E-state index contributed by atoms with van der Waals surface area (Å²) in [6.07, 6.45) is 3.56. The summed E-state index contributed by atoms with van der Waals surface area (Å²) < 4.78 is 0. The van der Waals surface area contributed by atoms with Gasteiger partial charge in [0.25, 0.3) is 5.91 Å². The molecule has 4 heteroatoms. The van der Waals surface area contributed by atoms with Gasteiger partial charge in [-0.1, -0.05) is 13.8 Å². The van der Waals surface area contributed by atoms with Gasteiger partial charge in [-0.3, -0.25) is 4.79 Å². The van der Waals surface area contributed by atoms with Crippen LogP contribution in [0, 0.1) is 5.41 Å². The number of carbonyl (C=O) groups excluding carboxylic acids is 1. The fourth-order valence-corrected chi connectivity index (χ4v) is 2.64. The lowest BCUT2D eigenvalue weighted by atomic mass is 9.85. The first-order valence-electron chi connectivity index (χ1n) is 6.83. The van der Waals surface area contributed by atoms with Crippen molar-refractivity contribution in [2.45, 2.75) is 33.1 Å². The van der Waals surface area contributed by atoms with Gasteiger partial charge < -0.3 is 16.4 Å². The Morgan fingerprint density at radius 1 is 1.26 bits per heavy atom. The van der Waals surface area contributed by atoms with E-state index in [2.05, 4.69) is 18.7 Å². The quantitative estimate of drug-likeness (QED) is 0.803. The molecular weight excluding hydrogens is 238 g/mol. The maximum atomic E-state index is 11.4. The largest absolute Gasteiger partial charge is 0.398 e. The zero-order valence-corrected chi connectivity index (χ0v) is 11.8. The Morgan fingerprint density at radius 3 is 2.68 bits per heavy atom. The highest BCUT2D eigenvalue weighted by molar-refractivity contribution is 5.99. The van der Waals surface area contributed by atoms with Crippen molar-refractivity contribution in [1.82, 2.24) is 0 Å². The number of nitrogen functional groups attached to an aromatic ring is 1. The Hall–Kier alpha value is -1.71. The van der Waals surface area contributed by atoms with E-state index in [1.54, 1.807) is 6.07 Å². The summed E-state index contributed by atoms with van der Waals surface area (Å²) in [5.74, 6) is -0.463. The smallest absolute Gasteiger partial charge is 0.250 e. The number of amides is 1. The number of nitrogens with two attached hydrogens (primary N) is 2. The number of carbonyl (C=O) groups is 1. The van der Waals surface area contributed by atoms with E-state index >= 15 is 0 Å². The molecule has 0 spiro atoms. The number of nitrogens with zero attached hydrogens (tertiary/aromatic N) is 1. The molecule has 0 atom stereocenters. The maximum absolute atomic E-state index is 11.4.